The highest BCUT2D eigenvalue weighted by Crippen LogP contribution is 2.35. The molecule has 20 heavy (non-hydrogen) atoms. The minimum atomic E-state index is -1.57. The zero-order chi connectivity index (χ0) is 14.8. The van der Waals surface area contributed by atoms with Gasteiger partial charge in [0.15, 0.2) is 0 Å². The fourth-order valence-corrected chi connectivity index (χ4v) is 2.30. The van der Waals surface area contributed by atoms with Crippen LogP contribution in [0.1, 0.15) is 18.1 Å². The normalized spacial score (nSPS) is 13.8. The van der Waals surface area contributed by atoms with Gasteiger partial charge in [0.2, 0.25) is 0 Å². The first-order chi connectivity index (χ1) is 9.45. The quantitative estimate of drug-likeness (QED) is 0.928. The van der Waals surface area contributed by atoms with Crippen molar-refractivity contribution in [2.75, 3.05) is 7.11 Å². The molecule has 1 atom stereocenters. The molecule has 0 aliphatic rings. The van der Waals surface area contributed by atoms with Crippen molar-refractivity contribution in [3.63, 3.8) is 0 Å². The first-order valence-corrected chi connectivity index (χ1v) is 6.24. The molecule has 0 aromatic heterocycles. The summed E-state index contributed by atoms with van der Waals surface area (Å²) >= 11 is 0. The molecule has 4 heteroatoms. The third kappa shape index (κ3) is 2.80. The van der Waals surface area contributed by atoms with E-state index in [1.807, 2.05) is 0 Å². The summed E-state index contributed by atoms with van der Waals surface area (Å²) in [5, 5.41) is 10.6. The smallest absolute Gasteiger partial charge is 0.133 e. The van der Waals surface area contributed by atoms with E-state index in [1.54, 1.807) is 24.3 Å². The van der Waals surface area contributed by atoms with E-state index in [0.717, 1.165) is 0 Å². The van der Waals surface area contributed by atoms with Gasteiger partial charge < -0.3 is 9.84 Å². The van der Waals surface area contributed by atoms with E-state index in [4.69, 9.17) is 4.74 Å². The number of methoxy groups -OCH3 is 1. The van der Waals surface area contributed by atoms with Gasteiger partial charge in [-0.3, -0.25) is 0 Å². The molecule has 2 aromatic rings. The first-order valence-electron chi connectivity index (χ1n) is 6.24. The second-order valence-corrected chi connectivity index (χ2v) is 4.86. The Kier molecular flexibility index (Phi) is 4.04. The van der Waals surface area contributed by atoms with Gasteiger partial charge in [-0.25, -0.2) is 8.78 Å². The lowest BCUT2D eigenvalue weighted by Gasteiger charge is -2.26. The fraction of sp³-hybridized carbons (Fsp3) is 0.250. The van der Waals surface area contributed by atoms with Crippen molar-refractivity contribution >= 4 is 0 Å². The Balaban J connectivity index is 2.43. The highest BCUT2D eigenvalue weighted by atomic mass is 19.1. The Morgan fingerprint density at radius 3 is 2.35 bits per heavy atom. The van der Waals surface area contributed by atoms with E-state index in [1.165, 1.54) is 32.2 Å². The third-order valence-corrected chi connectivity index (χ3v) is 3.23. The van der Waals surface area contributed by atoms with Crippen LogP contribution in [0.25, 0.3) is 0 Å². The summed E-state index contributed by atoms with van der Waals surface area (Å²) in [6, 6.07) is 10.4. The summed E-state index contributed by atoms with van der Waals surface area (Å²) in [5.41, 5.74) is -1.22. The zero-order valence-electron chi connectivity index (χ0n) is 11.4. The van der Waals surface area contributed by atoms with E-state index in [-0.39, 0.29) is 17.7 Å². The Labute approximate surface area is 116 Å². The van der Waals surface area contributed by atoms with Crippen LogP contribution in [0, 0.1) is 11.6 Å². The first kappa shape index (κ1) is 14.5. The molecule has 0 spiro atoms. The third-order valence-electron chi connectivity index (χ3n) is 3.23. The van der Waals surface area contributed by atoms with Crippen LogP contribution < -0.4 is 4.74 Å². The maximum atomic E-state index is 14.0. The maximum absolute atomic E-state index is 14.0. The average Bonchev–Trinajstić information content (AvgIpc) is 2.40. The van der Waals surface area contributed by atoms with Crippen LogP contribution in [0.15, 0.2) is 42.5 Å². The van der Waals surface area contributed by atoms with Gasteiger partial charge in [0.25, 0.3) is 0 Å². The second kappa shape index (κ2) is 5.59. The number of aliphatic hydroxyl groups is 1. The standard InChI is InChI=1S/C16H16F2O2/c1-16(19,10-11-6-3-4-7-12(11)17)15-13(18)8-5-9-14(15)20-2/h3-9,19H,10H2,1-2H3. The molecule has 0 heterocycles. The van der Waals surface area contributed by atoms with Crippen molar-refractivity contribution in [2.45, 2.75) is 18.9 Å². The van der Waals surface area contributed by atoms with Gasteiger partial charge in [0.1, 0.15) is 17.4 Å². The van der Waals surface area contributed by atoms with Crippen LogP contribution in [0.5, 0.6) is 5.75 Å². The summed E-state index contributed by atoms with van der Waals surface area (Å²) in [5.74, 6) is -0.764. The van der Waals surface area contributed by atoms with E-state index >= 15 is 0 Å². The molecule has 0 saturated carbocycles. The molecular weight excluding hydrogens is 262 g/mol. The molecule has 1 N–H and O–H groups in total. The van der Waals surface area contributed by atoms with Crippen LogP contribution in [0.2, 0.25) is 0 Å². The Bertz CT molecular complexity index is 609. The van der Waals surface area contributed by atoms with Crippen molar-refractivity contribution in [1.82, 2.24) is 0 Å². The monoisotopic (exact) mass is 278 g/mol. The van der Waals surface area contributed by atoms with Crippen LogP contribution in [-0.4, -0.2) is 12.2 Å². The Morgan fingerprint density at radius 1 is 1.05 bits per heavy atom. The number of benzene rings is 2. The molecule has 0 aliphatic heterocycles. The van der Waals surface area contributed by atoms with Crippen LogP contribution in [-0.2, 0) is 12.0 Å². The molecule has 1 unspecified atom stereocenters. The molecule has 106 valence electrons. The molecular formula is C16H16F2O2. The van der Waals surface area contributed by atoms with Crippen LogP contribution in [0.3, 0.4) is 0 Å². The number of hydrogen-bond donors (Lipinski definition) is 1. The molecule has 0 amide bonds. The summed E-state index contributed by atoms with van der Waals surface area (Å²) in [7, 11) is 1.40. The van der Waals surface area contributed by atoms with Crippen molar-refractivity contribution in [3.05, 3.63) is 65.2 Å². The zero-order valence-corrected chi connectivity index (χ0v) is 11.4. The number of hydrogen-bond acceptors (Lipinski definition) is 2. The van der Waals surface area contributed by atoms with Gasteiger partial charge in [-0.2, -0.15) is 0 Å². The van der Waals surface area contributed by atoms with E-state index in [0.29, 0.717) is 5.56 Å². The van der Waals surface area contributed by atoms with Gasteiger partial charge in [-0.15, -0.1) is 0 Å². The van der Waals surface area contributed by atoms with Gasteiger partial charge in [0, 0.05) is 6.42 Å². The Morgan fingerprint density at radius 2 is 1.70 bits per heavy atom. The molecule has 0 radical (unpaired) electrons. The number of ether oxygens (including phenoxy) is 1. The van der Waals surface area contributed by atoms with E-state index < -0.39 is 17.2 Å². The molecule has 2 aromatic carbocycles. The summed E-state index contributed by atoms with van der Waals surface area (Å²) in [4.78, 5) is 0. The predicted octanol–water partition coefficient (Wildman–Crippen LogP) is 3.42. The molecule has 2 nitrogen and oxygen atoms in total. The van der Waals surface area contributed by atoms with Crippen LogP contribution in [0.4, 0.5) is 8.78 Å². The lowest BCUT2D eigenvalue weighted by molar-refractivity contribution is 0.0501. The van der Waals surface area contributed by atoms with Gasteiger partial charge in [-0.05, 0) is 30.7 Å². The van der Waals surface area contributed by atoms with Crippen molar-refractivity contribution in [2.24, 2.45) is 0 Å². The van der Waals surface area contributed by atoms with Crippen LogP contribution >= 0.6 is 0 Å². The SMILES string of the molecule is COc1cccc(F)c1C(C)(O)Cc1ccccc1F. The molecule has 2 rings (SSSR count). The topological polar surface area (TPSA) is 29.5 Å². The van der Waals surface area contributed by atoms with Crippen molar-refractivity contribution < 1.29 is 18.6 Å². The van der Waals surface area contributed by atoms with Gasteiger partial charge in [0.05, 0.1) is 18.3 Å². The summed E-state index contributed by atoms with van der Waals surface area (Å²) < 4.78 is 32.8. The fourth-order valence-electron chi connectivity index (χ4n) is 2.30. The summed E-state index contributed by atoms with van der Waals surface area (Å²) in [6.07, 6.45) is -0.0447. The van der Waals surface area contributed by atoms with E-state index in [2.05, 4.69) is 0 Å². The largest absolute Gasteiger partial charge is 0.496 e. The van der Waals surface area contributed by atoms with Gasteiger partial charge in [-0.1, -0.05) is 24.3 Å². The van der Waals surface area contributed by atoms with Gasteiger partial charge >= 0.3 is 0 Å². The van der Waals surface area contributed by atoms with E-state index in [9.17, 15) is 13.9 Å². The predicted molar refractivity (Wildman–Crippen MR) is 72.6 cm³/mol. The highest BCUT2D eigenvalue weighted by Gasteiger charge is 2.31. The highest BCUT2D eigenvalue weighted by molar-refractivity contribution is 5.40. The summed E-state index contributed by atoms with van der Waals surface area (Å²) in [6.45, 7) is 1.44. The second-order valence-electron chi connectivity index (χ2n) is 4.86. The molecule has 0 bridgehead atoms. The molecule has 0 fully saturated rings. The lowest BCUT2D eigenvalue weighted by Crippen LogP contribution is -2.27. The minimum Gasteiger partial charge on any atom is -0.496 e. The minimum absolute atomic E-state index is 0.0331. The maximum Gasteiger partial charge on any atom is 0.133 e. The Hall–Kier alpha value is -1.94. The van der Waals surface area contributed by atoms with Crippen molar-refractivity contribution in [3.8, 4) is 5.75 Å². The average molecular weight is 278 g/mol. The molecule has 0 aliphatic carbocycles. The number of rotatable bonds is 4. The molecule has 0 saturated heterocycles. The number of halogens is 2. The van der Waals surface area contributed by atoms with Crippen molar-refractivity contribution in [1.29, 1.82) is 0 Å². The lowest BCUT2D eigenvalue weighted by atomic mass is 9.88.